The SMILES string of the molecule is CC1=C(C)C(=O)C(c2cccc(CCCCCCC(=O)O)c2)=C(C)C1=O. The Kier molecular flexibility index (Phi) is 6.67. The molecule has 0 saturated heterocycles. The van der Waals surface area contributed by atoms with Crippen molar-refractivity contribution in [3.63, 3.8) is 0 Å². The maximum absolute atomic E-state index is 12.7. The lowest BCUT2D eigenvalue weighted by atomic mass is 9.82. The second-order valence-electron chi connectivity index (χ2n) is 6.92. The van der Waals surface area contributed by atoms with Crippen LogP contribution in [-0.4, -0.2) is 22.6 Å². The summed E-state index contributed by atoms with van der Waals surface area (Å²) in [5, 5.41) is 8.64. The molecule has 0 saturated carbocycles. The largest absolute Gasteiger partial charge is 0.481 e. The summed E-state index contributed by atoms with van der Waals surface area (Å²) in [5.41, 5.74) is 4.03. The lowest BCUT2D eigenvalue weighted by molar-refractivity contribution is -0.137. The zero-order valence-electron chi connectivity index (χ0n) is 15.7. The van der Waals surface area contributed by atoms with Gasteiger partial charge in [0.05, 0.1) is 0 Å². The summed E-state index contributed by atoms with van der Waals surface area (Å²) in [5.74, 6) is -0.862. The summed E-state index contributed by atoms with van der Waals surface area (Å²) in [7, 11) is 0. The Labute approximate surface area is 154 Å². The predicted octanol–water partition coefficient (Wildman–Crippen LogP) is 4.53. The van der Waals surface area contributed by atoms with Crippen LogP contribution in [0.15, 0.2) is 41.0 Å². The minimum atomic E-state index is -0.743. The number of unbranched alkanes of at least 4 members (excludes halogenated alkanes) is 3. The Morgan fingerprint density at radius 2 is 1.54 bits per heavy atom. The lowest BCUT2D eigenvalue weighted by Crippen LogP contribution is -2.19. The molecule has 2 rings (SSSR count). The lowest BCUT2D eigenvalue weighted by Gasteiger charge is -2.19. The Morgan fingerprint density at radius 1 is 0.885 bits per heavy atom. The maximum Gasteiger partial charge on any atom is 0.303 e. The first-order valence-corrected chi connectivity index (χ1v) is 9.11. The molecule has 138 valence electrons. The average Bonchev–Trinajstić information content (AvgIpc) is 2.61. The molecular formula is C22H26O4. The number of aliphatic carboxylic acids is 1. The second kappa shape index (κ2) is 8.75. The van der Waals surface area contributed by atoms with E-state index in [9.17, 15) is 14.4 Å². The van der Waals surface area contributed by atoms with Crippen molar-refractivity contribution in [2.45, 2.75) is 59.3 Å². The highest BCUT2D eigenvalue weighted by Crippen LogP contribution is 2.31. The fourth-order valence-electron chi connectivity index (χ4n) is 3.28. The van der Waals surface area contributed by atoms with E-state index in [-0.39, 0.29) is 18.0 Å². The minimum Gasteiger partial charge on any atom is -0.481 e. The van der Waals surface area contributed by atoms with E-state index < -0.39 is 5.97 Å². The Balaban J connectivity index is 2.06. The van der Waals surface area contributed by atoms with Crippen LogP contribution in [0.4, 0.5) is 0 Å². The molecule has 0 bridgehead atoms. The van der Waals surface area contributed by atoms with Gasteiger partial charge in [-0.2, -0.15) is 0 Å². The molecule has 0 atom stereocenters. The zero-order chi connectivity index (χ0) is 19.3. The van der Waals surface area contributed by atoms with Gasteiger partial charge in [0.15, 0.2) is 11.6 Å². The van der Waals surface area contributed by atoms with Crippen LogP contribution in [0.1, 0.15) is 64.0 Å². The summed E-state index contributed by atoms with van der Waals surface area (Å²) in [4.78, 5) is 35.5. The van der Waals surface area contributed by atoms with Crippen molar-refractivity contribution >= 4 is 23.1 Å². The van der Waals surface area contributed by atoms with Crippen LogP contribution < -0.4 is 0 Å². The quantitative estimate of drug-likeness (QED) is 0.550. The highest BCUT2D eigenvalue weighted by molar-refractivity contribution is 6.39. The van der Waals surface area contributed by atoms with Gasteiger partial charge in [-0.1, -0.05) is 37.1 Å². The predicted molar refractivity (Wildman–Crippen MR) is 102 cm³/mol. The molecule has 0 unspecified atom stereocenters. The van der Waals surface area contributed by atoms with E-state index in [1.54, 1.807) is 20.8 Å². The van der Waals surface area contributed by atoms with E-state index in [1.165, 1.54) is 0 Å². The van der Waals surface area contributed by atoms with Crippen molar-refractivity contribution in [3.8, 4) is 0 Å². The zero-order valence-corrected chi connectivity index (χ0v) is 15.7. The first-order valence-electron chi connectivity index (χ1n) is 9.11. The molecule has 1 aromatic carbocycles. The molecule has 4 heteroatoms. The summed E-state index contributed by atoms with van der Waals surface area (Å²) >= 11 is 0. The molecule has 0 radical (unpaired) electrons. The standard InChI is InChI=1S/C22H26O4/c1-14-15(2)22(26)20(16(3)21(14)25)18-11-8-10-17(13-18)9-6-4-5-7-12-19(23)24/h8,10-11,13H,4-7,9,12H2,1-3H3,(H,23,24). The van der Waals surface area contributed by atoms with Gasteiger partial charge in [-0.3, -0.25) is 14.4 Å². The monoisotopic (exact) mass is 354 g/mol. The molecule has 4 nitrogen and oxygen atoms in total. The number of ketones is 2. The normalized spacial score (nSPS) is 15.0. The number of rotatable bonds is 8. The van der Waals surface area contributed by atoms with Crippen LogP contribution in [0.5, 0.6) is 0 Å². The molecule has 0 aliphatic heterocycles. The van der Waals surface area contributed by atoms with Crippen LogP contribution in [0, 0.1) is 0 Å². The van der Waals surface area contributed by atoms with Crippen LogP contribution in [-0.2, 0) is 20.8 Å². The Bertz CT molecular complexity index is 796. The number of carboxylic acid groups (broad SMARTS) is 1. The fourth-order valence-corrected chi connectivity index (χ4v) is 3.28. The van der Waals surface area contributed by atoms with Crippen LogP contribution in [0.3, 0.4) is 0 Å². The Hall–Kier alpha value is -2.49. The number of carbonyl (C=O) groups is 3. The third kappa shape index (κ3) is 4.57. The van der Waals surface area contributed by atoms with Gasteiger partial charge in [0.1, 0.15) is 0 Å². The van der Waals surface area contributed by atoms with E-state index in [1.807, 2.05) is 24.3 Å². The van der Waals surface area contributed by atoms with Crippen LogP contribution in [0.2, 0.25) is 0 Å². The molecule has 0 heterocycles. The van der Waals surface area contributed by atoms with Crippen molar-refractivity contribution in [1.82, 2.24) is 0 Å². The maximum atomic E-state index is 12.7. The molecule has 0 spiro atoms. The van der Waals surface area contributed by atoms with Gasteiger partial charge in [-0.25, -0.2) is 0 Å². The smallest absolute Gasteiger partial charge is 0.303 e. The van der Waals surface area contributed by atoms with Crippen molar-refractivity contribution in [3.05, 3.63) is 52.1 Å². The van der Waals surface area contributed by atoms with Crippen molar-refractivity contribution in [2.75, 3.05) is 0 Å². The number of carbonyl (C=O) groups excluding carboxylic acids is 2. The van der Waals surface area contributed by atoms with E-state index in [4.69, 9.17) is 5.11 Å². The molecule has 26 heavy (non-hydrogen) atoms. The number of aryl methyl sites for hydroxylation is 1. The first-order chi connectivity index (χ1) is 12.3. The summed E-state index contributed by atoms with van der Waals surface area (Å²) < 4.78 is 0. The van der Waals surface area contributed by atoms with Gasteiger partial charge in [0, 0.05) is 28.7 Å². The highest BCUT2D eigenvalue weighted by atomic mass is 16.4. The number of hydrogen-bond acceptors (Lipinski definition) is 3. The van der Waals surface area contributed by atoms with Gasteiger partial charge in [-0.05, 0) is 51.2 Å². The van der Waals surface area contributed by atoms with E-state index in [2.05, 4.69) is 0 Å². The van der Waals surface area contributed by atoms with E-state index in [0.29, 0.717) is 28.7 Å². The number of allylic oxidation sites excluding steroid dienone is 4. The fraction of sp³-hybridized carbons (Fsp3) is 0.409. The van der Waals surface area contributed by atoms with Gasteiger partial charge in [0.25, 0.3) is 0 Å². The molecule has 1 aliphatic carbocycles. The summed E-state index contributed by atoms with van der Waals surface area (Å²) in [6, 6.07) is 7.83. The van der Waals surface area contributed by atoms with Crippen molar-refractivity contribution in [2.24, 2.45) is 0 Å². The number of hydrogen-bond donors (Lipinski definition) is 1. The topological polar surface area (TPSA) is 71.4 Å². The van der Waals surface area contributed by atoms with E-state index in [0.717, 1.165) is 36.8 Å². The molecule has 1 aliphatic rings. The Morgan fingerprint density at radius 3 is 2.23 bits per heavy atom. The third-order valence-corrected chi connectivity index (χ3v) is 5.01. The second-order valence-corrected chi connectivity index (χ2v) is 6.92. The van der Waals surface area contributed by atoms with Gasteiger partial charge < -0.3 is 5.11 Å². The van der Waals surface area contributed by atoms with Crippen LogP contribution >= 0.6 is 0 Å². The van der Waals surface area contributed by atoms with E-state index >= 15 is 0 Å². The first kappa shape index (κ1) is 19.8. The van der Waals surface area contributed by atoms with Gasteiger partial charge >= 0.3 is 5.97 Å². The molecular weight excluding hydrogens is 328 g/mol. The minimum absolute atomic E-state index is 0.0547. The third-order valence-electron chi connectivity index (χ3n) is 5.01. The molecule has 0 fully saturated rings. The molecule has 0 amide bonds. The van der Waals surface area contributed by atoms with Crippen molar-refractivity contribution in [1.29, 1.82) is 0 Å². The van der Waals surface area contributed by atoms with Gasteiger partial charge in [-0.15, -0.1) is 0 Å². The van der Waals surface area contributed by atoms with Crippen LogP contribution in [0.25, 0.3) is 5.57 Å². The number of Topliss-reactive ketones (excluding diaryl/α,β-unsaturated/α-hetero) is 2. The molecule has 0 aromatic heterocycles. The highest BCUT2D eigenvalue weighted by Gasteiger charge is 2.28. The summed E-state index contributed by atoms with van der Waals surface area (Å²) in [6.45, 7) is 5.14. The molecule has 1 aromatic rings. The van der Waals surface area contributed by atoms with Gasteiger partial charge in [0.2, 0.25) is 0 Å². The average molecular weight is 354 g/mol. The van der Waals surface area contributed by atoms with Crippen molar-refractivity contribution < 1.29 is 19.5 Å². The number of carboxylic acids is 1. The summed E-state index contributed by atoms with van der Waals surface area (Å²) in [6.07, 6.45) is 4.69. The number of benzene rings is 1. The molecule has 1 N–H and O–H groups in total.